The lowest BCUT2D eigenvalue weighted by Gasteiger charge is -2.31. The maximum atomic E-state index is 4.79. The number of nitrogens with zero attached hydrogens (tertiary/aromatic N) is 2. The third kappa shape index (κ3) is 9.04. The number of halogens is 1. The SMILES string of the molecule is CCNC(=NCC(C)Cc1cccs1)NCCC1CCN(CC)CC1.I. The molecule has 0 spiro atoms. The minimum atomic E-state index is 0. The van der Waals surface area contributed by atoms with Crippen molar-refractivity contribution >= 4 is 41.3 Å². The van der Waals surface area contributed by atoms with Crippen LogP contribution >= 0.6 is 35.3 Å². The van der Waals surface area contributed by atoms with Crippen LogP contribution in [0.2, 0.25) is 0 Å². The summed E-state index contributed by atoms with van der Waals surface area (Å²) in [5, 5.41) is 9.07. The van der Waals surface area contributed by atoms with Crippen LogP contribution in [0, 0.1) is 11.8 Å². The molecule has 1 unspecified atom stereocenters. The van der Waals surface area contributed by atoms with E-state index in [1.165, 1.54) is 43.8 Å². The zero-order chi connectivity index (χ0) is 17.9. The van der Waals surface area contributed by atoms with Gasteiger partial charge in [0, 0.05) is 24.5 Å². The molecular formula is C20H37IN4S. The van der Waals surface area contributed by atoms with Crippen LogP contribution in [-0.2, 0) is 6.42 Å². The van der Waals surface area contributed by atoms with Gasteiger partial charge in [-0.3, -0.25) is 4.99 Å². The maximum absolute atomic E-state index is 4.79. The van der Waals surface area contributed by atoms with E-state index in [0.29, 0.717) is 5.92 Å². The Hall–Kier alpha value is -0.340. The largest absolute Gasteiger partial charge is 0.357 e. The molecule has 0 bridgehead atoms. The van der Waals surface area contributed by atoms with E-state index in [1.807, 2.05) is 11.3 Å². The van der Waals surface area contributed by atoms with Crippen molar-refractivity contribution in [3.63, 3.8) is 0 Å². The first-order valence-corrected chi connectivity index (χ1v) is 10.9. The molecule has 1 saturated heterocycles. The third-order valence-corrected chi connectivity index (χ3v) is 5.93. The van der Waals surface area contributed by atoms with Gasteiger partial charge in [0.05, 0.1) is 0 Å². The van der Waals surface area contributed by atoms with E-state index in [-0.39, 0.29) is 24.0 Å². The van der Waals surface area contributed by atoms with Crippen LogP contribution in [0.5, 0.6) is 0 Å². The first-order chi connectivity index (χ1) is 12.2. The Bertz CT molecular complexity index is 484. The lowest BCUT2D eigenvalue weighted by Crippen LogP contribution is -2.39. The Morgan fingerprint density at radius 1 is 1.31 bits per heavy atom. The van der Waals surface area contributed by atoms with E-state index in [4.69, 9.17) is 4.99 Å². The molecule has 2 N–H and O–H groups in total. The molecule has 2 heterocycles. The third-order valence-electron chi connectivity index (χ3n) is 5.03. The topological polar surface area (TPSA) is 39.7 Å². The summed E-state index contributed by atoms with van der Waals surface area (Å²) in [6.07, 6.45) is 5.07. The number of nitrogens with one attached hydrogen (secondary N) is 2. The van der Waals surface area contributed by atoms with Gasteiger partial charge < -0.3 is 15.5 Å². The highest BCUT2D eigenvalue weighted by atomic mass is 127. The summed E-state index contributed by atoms with van der Waals surface area (Å²) in [5.74, 6) is 2.43. The van der Waals surface area contributed by atoms with Gasteiger partial charge in [-0.1, -0.05) is 19.9 Å². The second-order valence-electron chi connectivity index (χ2n) is 7.20. The van der Waals surface area contributed by atoms with Gasteiger partial charge in [-0.05, 0) is 75.5 Å². The molecule has 150 valence electrons. The van der Waals surface area contributed by atoms with Gasteiger partial charge >= 0.3 is 0 Å². The number of rotatable bonds is 9. The summed E-state index contributed by atoms with van der Waals surface area (Å²) in [4.78, 5) is 8.81. The predicted molar refractivity (Wildman–Crippen MR) is 126 cm³/mol. The summed E-state index contributed by atoms with van der Waals surface area (Å²) >= 11 is 1.84. The van der Waals surface area contributed by atoms with Gasteiger partial charge in [-0.2, -0.15) is 0 Å². The fourth-order valence-electron chi connectivity index (χ4n) is 3.41. The van der Waals surface area contributed by atoms with Gasteiger partial charge in [0.15, 0.2) is 5.96 Å². The number of aliphatic imine (C=N–C) groups is 1. The van der Waals surface area contributed by atoms with Gasteiger partial charge in [-0.15, -0.1) is 35.3 Å². The summed E-state index contributed by atoms with van der Waals surface area (Å²) < 4.78 is 0. The van der Waals surface area contributed by atoms with Crippen molar-refractivity contribution in [3.8, 4) is 0 Å². The fraction of sp³-hybridized carbons (Fsp3) is 0.750. The van der Waals surface area contributed by atoms with Gasteiger partial charge in [0.25, 0.3) is 0 Å². The van der Waals surface area contributed by atoms with Crippen LogP contribution in [0.15, 0.2) is 22.5 Å². The summed E-state index contributed by atoms with van der Waals surface area (Å²) in [6, 6.07) is 4.35. The quantitative estimate of drug-likeness (QED) is 0.308. The molecule has 0 radical (unpaired) electrons. The Morgan fingerprint density at radius 3 is 2.69 bits per heavy atom. The second-order valence-corrected chi connectivity index (χ2v) is 8.23. The van der Waals surface area contributed by atoms with Crippen molar-refractivity contribution in [2.24, 2.45) is 16.8 Å². The highest BCUT2D eigenvalue weighted by molar-refractivity contribution is 14.0. The average molecular weight is 493 g/mol. The standard InChI is InChI=1S/C20H36N4S.HI/c1-4-21-20(23-16-17(3)15-19-7-6-14-25-19)22-11-8-18-9-12-24(5-2)13-10-18;/h6-7,14,17-18H,4-5,8-13,15-16H2,1-3H3,(H2,21,22,23);1H. The molecule has 2 rings (SSSR count). The number of hydrogen-bond acceptors (Lipinski definition) is 3. The second kappa shape index (κ2) is 13.8. The van der Waals surface area contributed by atoms with Gasteiger partial charge in [0.1, 0.15) is 0 Å². The molecule has 1 atom stereocenters. The van der Waals surface area contributed by atoms with E-state index in [2.05, 4.69) is 53.8 Å². The maximum Gasteiger partial charge on any atom is 0.191 e. The minimum absolute atomic E-state index is 0. The summed E-state index contributed by atoms with van der Waals surface area (Å²) in [7, 11) is 0. The average Bonchev–Trinajstić information content (AvgIpc) is 3.13. The van der Waals surface area contributed by atoms with Crippen molar-refractivity contribution in [2.75, 3.05) is 39.3 Å². The number of guanidine groups is 1. The molecule has 1 aliphatic heterocycles. The molecule has 0 saturated carbocycles. The number of thiophene rings is 1. The monoisotopic (exact) mass is 492 g/mol. The Morgan fingerprint density at radius 2 is 2.08 bits per heavy atom. The van der Waals surface area contributed by atoms with Crippen molar-refractivity contribution in [2.45, 2.75) is 46.5 Å². The van der Waals surface area contributed by atoms with Gasteiger partial charge in [0.2, 0.25) is 0 Å². The zero-order valence-corrected chi connectivity index (χ0v) is 19.8. The summed E-state index contributed by atoms with van der Waals surface area (Å²) in [6.45, 7) is 13.3. The lowest BCUT2D eigenvalue weighted by atomic mass is 9.93. The first-order valence-electron chi connectivity index (χ1n) is 9.98. The molecule has 4 nitrogen and oxygen atoms in total. The molecule has 1 aromatic heterocycles. The summed E-state index contributed by atoms with van der Waals surface area (Å²) in [5.41, 5.74) is 0. The normalized spacial score (nSPS) is 17.6. The molecule has 0 aromatic carbocycles. The number of piperidine rings is 1. The molecule has 1 fully saturated rings. The van der Waals surface area contributed by atoms with Crippen molar-refractivity contribution in [3.05, 3.63) is 22.4 Å². The minimum Gasteiger partial charge on any atom is -0.357 e. The smallest absolute Gasteiger partial charge is 0.191 e. The van der Waals surface area contributed by atoms with E-state index in [0.717, 1.165) is 37.9 Å². The lowest BCUT2D eigenvalue weighted by molar-refractivity contribution is 0.187. The Labute approximate surface area is 181 Å². The molecule has 1 aromatic rings. The highest BCUT2D eigenvalue weighted by Gasteiger charge is 2.17. The molecule has 0 aliphatic carbocycles. The van der Waals surface area contributed by atoms with Crippen LogP contribution in [-0.4, -0.2) is 50.1 Å². The molecule has 1 aliphatic rings. The van der Waals surface area contributed by atoms with E-state index in [9.17, 15) is 0 Å². The fourth-order valence-corrected chi connectivity index (χ4v) is 4.28. The van der Waals surface area contributed by atoms with Crippen LogP contribution in [0.3, 0.4) is 0 Å². The van der Waals surface area contributed by atoms with Crippen molar-refractivity contribution < 1.29 is 0 Å². The van der Waals surface area contributed by atoms with Gasteiger partial charge in [-0.25, -0.2) is 0 Å². The van der Waals surface area contributed by atoms with E-state index < -0.39 is 0 Å². The zero-order valence-electron chi connectivity index (χ0n) is 16.7. The molecule has 0 amide bonds. The number of likely N-dealkylation sites (tertiary alicyclic amines) is 1. The van der Waals surface area contributed by atoms with Crippen molar-refractivity contribution in [1.29, 1.82) is 0 Å². The van der Waals surface area contributed by atoms with Crippen LogP contribution < -0.4 is 10.6 Å². The van der Waals surface area contributed by atoms with Crippen LogP contribution in [0.25, 0.3) is 0 Å². The number of hydrogen-bond donors (Lipinski definition) is 2. The first kappa shape index (κ1) is 23.7. The highest BCUT2D eigenvalue weighted by Crippen LogP contribution is 2.19. The molecular weight excluding hydrogens is 455 g/mol. The molecule has 26 heavy (non-hydrogen) atoms. The Kier molecular flexibility index (Phi) is 12.6. The van der Waals surface area contributed by atoms with Crippen LogP contribution in [0.1, 0.15) is 44.9 Å². The Balaban J connectivity index is 0.00000338. The predicted octanol–water partition coefficient (Wildman–Crippen LogP) is 4.22. The van der Waals surface area contributed by atoms with E-state index >= 15 is 0 Å². The van der Waals surface area contributed by atoms with Crippen molar-refractivity contribution in [1.82, 2.24) is 15.5 Å². The van der Waals surface area contributed by atoms with E-state index in [1.54, 1.807) is 0 Å². The van der Waals surface area contributed by atoms with Crippen LogP contribution in [0.4, 0.5) is 0 Å². The molecule has 6 heteroatoms.